The molecule has 21 heavy (non-hydrogen) atoms. The molecule has 0 aliphatic carbocycles. The number of hydrogen-bond acceptors (Lipinski definition) is 3. The van der Waals surface area contributed by atoms with E-state index in [1.807, 2.05) is 19.1 Å². The van der Waals surface area contributed by atoms with Gasteiger partial charge in [0.1, 0.15) is 0 Å². The molecule has 6 nitrogen and oxygen atoms in total. The molecule has 6 heteroatoms. The average Bonchev–Trinajstić information content (AvgIpc) is 2.44. The van der Waals surface area contributed by atoms with E-state index in [2.05, 4.69) is 10.6 Å². The summed E-state index contributed by atoms with van der Waals surface area (Å²) in [7, 11) is 1.62. The van der Waals surface area contributed by atoms with Crippen molar-refractivity contribution in [3.05, 3.63) is 29.8 Å². The van der Waals surface area contributed by atoms with Gasteiger partial charge in [0.15, 0.2) is 0 Å². The molecule has 116 valence electrons. The molecular formula is C15H22N2O4. The van der Waals surface area contributed by atoms with E-state index < -0.39 is 5.97 Å². The van der Waals surface area contributed by atoms with Crippen molar-refractivity contribution in [3.8, 4) is 0 Å². The molecule has 0 radical (unpaired) electrons. The number of urea groups is 1. The van der Waals surface area contributed by atoms with Gasteiger partial charge in [0, 0.05) is 25.8 Å². The van der Waals surface area contributed by atoms with Crippen molar-refractivity contribution in [1.29, 1.82) is 0 Å². The number of aryl methyl sites for hydroxylation is 1. The molecule has 1 rings (SSSR count). The van der Waals surface area contributed by atoms with Gasteiger partial charge in [0.2, 0.25) is 0 Å². The molecular weight excluding hydrogens is 272 g/mol. The molecule has 1 unspecified atom stereocenters. The van der Waals surface area contributed by atoms with Crippen LogP contribution in [0.4, 0.5) is 10.5 Å². The molecule has 0 aromatic heterocycles. The number of anilines is 1. The number of methoxy groups -OCH3 is 1. The molecule has 3 N–H and O–H groups in total. The number of amides is 2. The largest absolute Gasteiger partial charge is 0.481 e. The molecule has 0 spiro atoms. The Bertz CT molecular complexity index is 476. The Morgan fingerprint density at radius 2 is 2.05 bits per heavy atom. The number of benzene rings is 1. The topological polar surface area (TPSA) is 87.7 Å². The number of carboxylic acids is 1. The number of para-hydroxylation sites is 1. The minimum atomic E-state index is -0.859. The lowest BCUT2D eigenvalue weighted by atomic mass is 10.1. The van der Waals surface area contributed by atoms with Gasteiger partial charge in [-0.3, -0.25) is 4.79 Å². The Morgan fingerprint density at radius 3 is 2.71 bits per heavy atom. The van der Waals surface area contributed by atoms with Crippen LogP contribution in [0.2, 0.25) is 0 Å². The highest BCUT2D eigenvalue weighted by molar-refractivity contribution is 5.90. The van der Waals surface area contributed by atoms with Gasteiger partial charge in [-0.05, 0) is 24.0 Å². The molecule has 0 aliphatic rings. The Hall–Kier alpha value is -2.08. The minimum absolute atomic E-state index is 0.0329. The summed E-state index contributed by atoms with van der Waals surface area (Å²) in [6.45, 7) is 3.07. The molecule has 0 bridgehead atoms. The summed E-state index contributed by atoms with van der Waals surface area (Å²) in [6, 6.07) is 6.89. The standard InChI is InChI=1S/C15H22N2O4/c1-11(10-21-2)9-16-15(20)17-13-6-4-3-5-12(13)7-8-14(18)19/h3-6,11H,7-10H2,1-2H3,(H,18,19)(H2,16,17,20). The minimum Gasteiger partial charge on any atom is -0.481 e. The van der Waals surface area contributed by atoms with Crippen molar-refractivity contribution in [2.24, 2.45) is 5.92 Å². The second kappa shape index (κ2) is 8.97. The monoisotopic (exact) mass is 294 g/mol. The van der Waals surface area contributed by atoms with Gasteiger partial charge in [0.25, 0.3) is 0 Å². The average molecular weight is 294 g/mol. The van der Waals surface area contributed by atoms with Crippen molar-refractivity contribution >= 4 is 17.7 Å². The van der Waals surface area contributed by atoms with Crippen LogP contribution in [0.5, 0.6) is 0 Å². The lowest BCUT2D eigenvalue weighted by Gasteiger charge is -2.14. The molecule has 0 heterocycles. The predicted molar refractivity (Wildman–Crippen MR) is 80.5 cm³/mol. The lowest BCUT2D eigenvalue weighted by Crippen LogP contribution is -2.33. The van der Waals surface area contributed by atoms with Crippen LogP contribution in [0.1, 0.15) is 18.9 Å². The van der Waals surface area contributed by atoms with E-state index in [4.69, 9.17) is 9.84 Å². The highest BCUT2D eigenvalue weighted by Gasteiger charge is 2.09. The maximum absolute atomic E-state index is 11.8. The number of ether oxygens (including phenoxy) is 1. The number of carbonyl (C=O) groups is 2. The van der Waals surface area contributed by atoms with Crippen molar-refractivity contribution in [2.45, 2.75) is 19.8 Å². The van der Waals surface area contributed by atoms with E-state index in [1.54, 1.807) is 19.2 Å². The summed E-state index contributed by atoms with van der Waals surface area (Å²) in [5.41, 5.74) is 1.44. The van der Waals surface area contributed by atoms with E-state index in [1.165, 1.54) is 0 Å². The quantitative estimate of drug-likeness (QED) is 0.685. The number of carbonyl (C=O) groups excluding carboxylic acids is 1. The molecule has 0 fully saturated rings. The zero-order valence-electron chi connectivity index (χ0n) is 12.4. The van der Waals surface area contributed by atoms with E-state index >= 15 is 0 Å². The number of hydrogen-bond donors (Lipinski definition) is 3. The van der Waals surface area contributed by atoms with Crippen LogP contribution < -0.4 is 10.6 Å². The van der Waals surface area contributed by atoms with Gasteiger partial charge in [-0.15, -0.1) is 0 Å². The van der Waals surface area contributed by atoms with Crippen molar-refractivity contribution in [2.75, 3.05) is 25.6 Å². The van der Waals surface area contributed by atoms with Gasteiger partial charge in [-0.2, -0.15) is 0 Å². The maximum atomic E-state index is 11.8. The zero-order valence-corrected chi connectivity index (χ0v) is 12.4. The number of carboxylic acid groups (broad SMARTS) is 1. The predicted octanol–water partition coefficient (Wildman–Crippen LogP) is 2.11. The van der Waals surface area contributed by atoms with Crippen LogP contribution in [0, 0.1) is 5.92 Å². The van der Waals surface area contributed by atoms with Gasteiger partial charge < -0.3 is 20.5 Å². The fourth-order valence-electron chi connectivity index (χ4n) is 1.88. The van der Waals surface area contributed by atoms with Crippen LogP contribution in [-0.2, 0) is 16.0 Å². The second-order valence-corrected chi connectivity index (χ2v) is 4.95. The fourth-order valence-corrected chi connectivity index (χ4v) is 1.88. The van der Waals surface area contributed by atoms with Crippen LogP contribution in [-0.4, -0.2) is 37.4 Å². The summed E-state index contributed by atoms with van der Waals surface area (Å²) < 4.78 is 5.00. The first-order chi connectivity index (χ1) is 10.0. The van der Waals surface area contributed by atoms with Crippen molar-refractivity contribution in [1.82, 2.24) is 5.32 Å². The summed E-state index contributed by atoms with van der Waals surface area (Å²) in [5.74, 6) is -0.634. The summed E-state index contributed by atoms with van der Waals surface area (Å²) in [6.07, 6.45) is 0.414. The normalized spacial score (nSPS) is 11.7. The lowest BCUT2D eigenvalue weighted by molar-refractivity contribution is -0.136. The first-order valence-corrected chi connectivity index (χ1v) is 6.86. The highest BCUT2D eigenvalue weighted by atomic mass is 16.5. The van der Waals surface area contributed by atoms with Gasteiger partial charge in [0.05, 0.1) is 6.61 Å². The summed E-state index contributed by atoms with van der Waals surface area (Å²) in [5, 5.41) is 14.2. The van der Waals surface area contributed by atoms with Crippen molar-refractivity contribution < 1.29 is 19.4 Å². The van der Waals surface area contributed by atoms with Crippen molar-refractivity contribution in [3.63, 3.8) is 0 Å². The second-order valence-electron chi connectivity index (χ2n) is 4.95. The third-order valence-electron chi connectivity index (χ3n) is 2.94. The molecule has 0 saturated carbocycles. The summed E-state index contributed by atoms with van der Waals surface area (Å²) in [4.78, 5) is 22.5. The SMILES string of the molecule is COCC(C)CNC(=O)Nc1ccccc1CCC(=O)O. The molecule has 0 saturated heterocycles. The maximum Gasteiger partial charge on any atom is 0.319 e. The Balaban J connectivity index is 2.53. The fraction of sp³-hybridized carbons (Fsp3) is 0.467. The Morgan fingerprint density at radius 1 is 1.33 bits per heavy atom. The van der Waals surface area contributed by atoms with Gasteiger partial charge in [-0.1, -0.05) is 25.1 Å². The zero-order chi connectivity index (χ0) is 15.7. The first kappa shape index (κ1) is 17.0. The number of rotatable bonds is 8. The van der Waals surface area contributed by atoms with E-state index in [9.17, 15) is 9.59 Å². The molecule has 1 aromatic rings. The molecule has 1 atom stereocenters. The number of nitrogens with one attached hydrogen (secondary N) is 2. The van der Waals surface area contributed by atoms with E-state index in [0.29, 0.717) is 25.3 Å². The molecule has 1 aromatic carbocycles. The van der Waals surface area contributed by atoms with Crippen LogP contribution >= 0.6 is 0 Å². The third kappa shape index (κ3) is 6.76. The summed E-state index contributed by atoms with van der Waals surface area (Å²) >= 11 is 0. The number of aliphatic carboxylic acids is 1. The first-order valence-electron chi connectivity index (χ1n) is 6.86. The van der Waals surface area contributed by atoms with Gasteiger partial charge >= 0.3 is 12.0 Å². The van der Waals surface area contributed by atoms with Crippen LogP contribution in [0.3, 0.4) is 0 Å². The van der Waals surface area contributed by atoms with Crippen LogP contribution in [0.25, 0.3) is 0 Å². The van der Waals surface area contributed by atoms with Crippen LogP contribution in [0.15, 0.2) is 24.3 Å². The molecule has 2 amide bonds. The third-order valence-corrected chi connectivity index (χ3v) is 2.94. The smallest absolute Gasteiger partial charge is 0.319 e. The van der Waals surface area contributed by atoms with E-state index in [-0.39, 0.29) is 18.4 Å². The highest BCUT2D eigenvalue weighted by Crippen LogP contribution is 2.16. The Labute approximate surface area is 124 Å². The van der Waals surface area contributed by atoms with E-state index in [0.717, 1.165) is 5.56 Å². The molecule has 0 aliphatic heterocycles. The Kier molecular flexibility index (Phi) is 7.25. The van der Waals surface area contributed by atoms with Gasteiger partial charge in [-0.25, -0.2) is 4.79 Å².